The van der Waals surface area contributed by atoms with Gasteiger partial charge in [-0.05, 0) is 66.5 Å². The predicted octanol–water partition coefficient (Wildman–Crippen LogP) is 7.28. The molecule has 0 saturated carbocycles. The number of halogens is 4. The van der Waals surface area contributed by atoms with Crippen LogP contribution in [0.15, 0.2) is 83.5 Å². The molecule has 3 aliphatic rings. The number of rotatable bonds is 8. The van der Waals surface area contributed by atoms with E-state index in [0.717, 1.165) is 40.6 Å². The molecule has 2 aliphatic heterocycles. The van der Waals surface area contributed by atoms with Gasteiger partial charge in [0.15, 0.2) is 5.16 Å². The third-order valence-corrected chi connectivity index (χ3v) is 10.2. The molecule has 1 aliphatic carbocycles. The molecule has 1 fully saturated rings. The van der Waals surface area contributed by atoms with Crippen molar-refractivity contribution in [1.29, 1.82) is 0 Å². The Morgan fingerprint density at radius 1 is 1.14 bits per heavy atom. The van der Waals surface area contributed by atoms with Crippen LogP contribution in [0.3, 0.4) is 0 Å². The van der Waals surface area contributed by atoms with Gasteiger partial charge in [-0.3, -0.25) is 9.69 Å². The van der Waals surface area contributed by atoms with Gasteiger partial charge in [-0.25, -0.2) is 13.8 Å². The lowest BCUT2D eigenvalue weighted by Gasteiger charge is -2.40. The number of fused-ring (bicyclic) bond motifs is 3. The van der Waals surface area contributed by atoms with E-state index in [2.05, 4.69) is 21.7 Å². The summed E-state index contributed by atoms with van der Waals surface area (Å²) >= 11 is 14.2. The van der Waals surface area contributed by atoms with Crippen molar-refractivity contribution in [2.45, 2.75) is 35.7 Å². The van der Waals surface area contributed by atoms with Crippen molar-refractivity contribution in [3.8, 4) is 0 Å². The van der Waals surface area contributed by atoms with Crippen LogP contribution in [0.25, 0.3) is 0 Å². The highest BCUT2D eigenvalue weighted by Gasteiger charge is 2.42. The first-order valence-electron chi connectivity index (χ1n) is 14.5. The molecule has 44 heavy (non-hydrogen) atoms. The highest BCUT2D eigenvalue weighted by molar-refractivity contribution is 7.98. The van der Waals surface area contributed by atoms with Gasteiger partial charge < -0.3 is 14.6 Å². The van der Waals surface area contributed by atoms with Crippen LogP contribution in [0, 0.1) is 5.82 Å². The Hall–Kier alpha value is -2.95. The number of ether oxygens (including phenoxy) is 1. The zero-order chi connectivity index (χ0) is 30.8. The molecule has 2 aromatic carbocycles. The number of hydrogen-bond acceptors (Lipinski definition) is 5. The van der Waals surface area contributed by atoms with Gasteiger partial charge in [0.1, 0.15) is 11.6 Å². The molecule has 3 aromatic rings. The Balaban J connectivity index is 1.24. The smallest absolute Gasteiger partial charge is 0.254 e. The zero-order valence-electron chi connectivity index (χ0n) is 24.2. The molecule has 3 heterocycles. The summed E-state index contributed by atoms with van der Waals surface area (Å²) in [6.07, 6.45) is 9.17. The quantitative estimate of drug-likeness (QED) is 0.258. The van der Waals surface area contributed by atoms with Crippen molar-refractivity contribution in [2.24, 2.45) is 0 Å². The molecule has 0 spiro atoms. The van der Waals surface area contributed by atoms with Crippen LogP contribution in [0.5, 0.6) is 0 Å². The summed E-state index contributed by atoms with van der Waals surface area (Å²) in [6, 6.07) is 10.0. The van der Waals surface area contributed by atoms with Gasteiger partial charge in [-0.15, -0.1) is 0 Å². The minimum absolute atomic E-state index is 0.0147. The van der Waals surface area contributed by atoms with Gasteiger partial charge in [-0.2, -0.15) is 0 Å². The van der Waals surface area contributed by atoms with Crippen molar-refractivity contribution in [1.82, 2.24) is 19.8 Å². The van der Waals surface area contributed by atoms with Crippen molar-refractivity contribution >= 4 is 40.9 Å². The van der Waals surface area contributed by atoms with Crippen LogP contribution in [0.1, 0.15) is 46.6 Å². The number of nitrogens with zero attached hydrogens (tertiary/aromatic N) is 3. The van der Waals surface area contributed by atoms with Crippen LogP contribution in [0.4, 0.5) is 8.78 Å². The minimum Gasteiger partial charge on any atom is -0.379 e. The highest BCUT2D eigenvalue weighted by atomic mass is 35.5. The number of amides is 1. The van der Waals surface area contributed by atoms with Gasteiger partial charge in [0.25, 0.3) is 5.91 Å². The second-order valence-corrected chi connectivity index (χ2v) is 13.1. The third kappa shape index (κ3) is 6.39. The van der Waals surface area contributed by atoms with Crippen LogP contribution < -0.4 is 5.32 Å². The molecule has 6 nitrogen and oxygen atoms in total. The number of benzene rings is 2. The van der Waals surface area contributed by atoms with E-state index >= 15 is 0 Å². The summed E-state index contributed by atoms with van der Waals surface area (Å²) in [6.45, 7) is 6.24. The number of thioether (sulfide) groups is 1. The molecule has 2 atom stereocenters. The molecular formula is C33H32Cl2F2N4O2S. The Bertz CT molecular complexity index is 1670. The second-order valence-electron chi connectivity index (χ2n) is 11.3. The Morgan fingerprint density at radius 3 is 2.75 bits per heavy atom. The first kappa shape index (κ1) is 31.0. The van der Waals surface area contributed by atoms with Gasteiger partial charge in [0, 0.05) is 43.0 Å². The van der Waals surface area contributed by atoms with E-state index < -0.39 is 17.1 Å². The van der Waals surface area contributed by atoms with Crippen LogP contribution in [-0.4, -0.2) is 59.8 Å². The first-order chi connectivity index (χ1) is 21.2. The average Bonchev–Trinajstić information content (AvgIpc) is 3.37. The largest absolute Gasteiger partial charge is 0.379 e. The fourth-order valence-corrected chi connectivity index (χ4v) is 7.26. The van der Waals surface area contributed by atoms with E-state index in [1.54, 1.807) is 18.2 Å². The molecule has 0 radical (unpaired) electrons. The van der Waals surface area contributed by atoms with E-state index in [-0.39, 0.29) is 17.4 Å². The summed E-state index contributed by atoms with van der Waals surface area (Å²) in [5.74, 6) is -0.866. The molecule has 1 N–H and O–H groups in total. The number of morpholine rings is 1. The summed E-state index contributed by atoms with van der Waals surface area (Å²) < 4.78 is 36.6. The number of imidazole rings is 1. The molecule has 1 amide bonds. The molecule has 230 valence electrons. The standard InChI is InChI=1S/C33H32Cl2F2N4O2S/c1-33(23-4-7-26(34)27(35)17-23)18-22-3-5-24(36)6-9-29(22)41-30(33)19-39-32(41)44-20-21-2-8-28(37)25(16-21)31(42)38-10-11-40-12-14-43-15-13-40/h2-9,16-17,19,29H,10-15,18,20H2,1H3,(H,38,42). The lowest BCUT2D eigenvalue weighted by atomic mass is 9.71. The number of carbonyl (C=O) groups excluding carboxylic acids is 1. The first-order valence-corrected chi connectivity index (χ1v) is 16.2. The lowest BCUT2D eigenvalue weighted by Crippen LogP contribution is -2.41. The Kier molecular flexibility index (Phi) is 9.31. The Labute approximate surface area is 269 Å². The highest BCUT2D eigenvalue weighted by Crippen LogP contribution is 2.49. The van der Waals surface area contributed by atoms with E-state index in [4.69, 9.17) is 32.9 Å². The maximum Gasteiger partial charge on any atom is 0.254 e. The number of aromatic nitrogens is 2. The normalized spacial score (nSPS) is 21.6. The summed E-state index contributed by atoms with van der Waals surface area (Å²) in [5.41, 5.74) is 3.27. The third-order valence-electron chi connectivity index (χ3n) is 8.46. The van der Waals surface area contributed by atoms with Gasteiger partial charge >= 0.3 is 0 Å². The van der Waals surface area contributed by atoms with E-state index in [0.29, 0.717) is 48.5 Å². The van der Waals surface area contributed by atoms with Gasteiger partial charge in [-0.1, -0.05) is 59.2 Å². The summed E-state index contributed by atoms with van der Waals surface area (Å²) in [4.78, 5) is 19.9. The molecular weight excluding hydrogens is 625 g/mol. The predicted molar refractivity (Wildman–Crippen MR) is 171 cm³/mol. The van der Waals surface area contributed by atoms with Crippen LogP contribution in [0.2, 0.25) is 10.0 Å². The molecule has 6 rings (SSSR count). The van der Waals surface area contributed by atoms with Crippen molar-refractivity contribution in [3.63, 3.8) is 0 Å². The molecule has 1 saturated heterocycles. The maximum absolute atomic E-state index is 14.7. The second kappa shape index (κ2) is 13.2. The topological polar surface area (TPSA) is 59.4 Å². The lowest BCUT2D eigenvalue weighted by molar-refractivity contribution is 0.0383. The molecule has 2 unspecified atom stereocenters. The van der Waals surface area contributed by atoms with Crippen molar-refractivity contribution < 1.29 is 18.3 Å². The molecule has 0 bridgehead atoms. The van der Waals surface area contributed by atoms with E-state index in [9.17, 15) is 13.6 Å². The molecule has 1 aromatic heterocycles. The summed E-state index contributed by atoms with van der Waals surface area (Å²) in [5, 5.41) is 4.52. The van der Waals surface area contributed by atoms with Crippen molar-refractivity contribution in [3.05, 3.63) is 117 Å². The zero-order valence-corrected chi connectivity index (χ0v) is 26.5. The van der Waals surface area contributed by atoms with Crippen molar-refractivity contribution in [2.75, 3.05) is 39.4 Å². The van der Waals surface area contributed by atoms with Crippen LogP contribution >= 0.6 is 35.0 Å². The summed E-state index contributed by atoms with van der Waals surface area (Å²) in [7, 11) is 0. The molecule has 11 heteroatoms. The minimum atomic E-state index is -0.564. The van der Waals surface area contributed by atoms with Crippen LogP contribution in [-0.2, 0) is 15.9 Å². The van der Waals surface area contributed by atoms with Gasteiger partial charge in [0.2, 0.25) is 0 Å². The average molecular weight is 658 g/mol. The fraction of sp³-hybridized carbons (Fsp3) is 0.333. The maximum atomic E-state index is 14.7. The monoisotopic (exact) mass is 656 g/mol. The number of carbonyl (C=O) groups is 1. The fourth-order valence-electron chi connectivity index (χ4n) is 6.01. The Morgan fingerprint density at radius 2 is 1.95 bits per heavy atom. The van der Waals surface area contributed by atoms with Gasteiger partial charge in [0.05, 0.1) is 41.1 Å². The number of hydrogen-bond donors (Lipinski definition) is 1. The van der Waals surface area contributed by atoms with E-state index in [1.807, 2.05) is 30.5 Å². The SMILES string of the molecule is CC1(c2ccc(Cl)c(Cl)c2)CC2=CC=C(F)C=CC2n2c1cnc2SCc1ccc(F)c(C(=O)NCCN2CCOCC2)c1. The van der Waals surface area contributed by atoms with E-state index in [1.165, 1.54) is 30.0 Å². The number of allylic oxidation sites excluding steroid dienone is 6. The number of nitrogens with one attached hydrogen (secondary N) is 1.